The van der Waals surface area contributed by atoms with E-state index in [2.05, 4.69) is 4.74 Å². The Morgan fingerprint density at radius 2 is 2.06 bits per heavy atom. The molecule has 1 rings (SSSR count). The molecule has 0 aromatic heterocycles. The number of phenols is 1. The first-order valence-electron chi connectivity index (χ1n) is 4.54. The second-order valence-corrected chi connectivity index (χ2v) is 3.45. The molecule has 1 aromatic carbocycles. The zero-order valence-corrected chi connectivity index (χ0v) is 9.39. The van der Waals surface area contributed by atoms with E-state index in [4.69, 9.17) is 16.7 Å². The summed E-state index contributed by atoms with van der Waals surface area (Å²) in [6.45, 7) is 1.49. The number of esters is 1. The zero-order valence-electron chi connectivity index (χ0n) is 8.64. The number of rotatable bonds is 2. The minimum Gasteiger partial charge on any atom is -0.508 e. The van der Waals surface area contributed by atoms with Crippen LogP contribution in [0.3, 0.4) is 0 Å². The molecule has 0 aliphatic heterocycles. The van der Waals surface area contributed by atoms with Gasteiger partial charge < -0.3 is 9.84 Å². The third-order valence-corrected chi connectivity index (χ3v) is 2.27. The Balaban J connectivity index is 3.34. The Morgan fingerprint density at radius 3 is 2.53 bits per heavy atom. The highest BCUT2D eigenvalue weighted by Crippen LogP contribution is 2.38. The number of phenolic OH excluding ortho intramolecular Hbond substituents is 1. The van der Waals surface area contributed by atoms with Crippen LogP contribution >= 0.6 is 11.6 Å². The van der Waals surface area contributed by atoms with Crippen LogP contribution < -0.4 is 0 Å². The molecule has 0 heterocycles. The van der Waals surface area contributed by atoms with Gasteiger partial charge in [0.25, 0.3) is 0 Å². The molecule has 1 aromatic rings. The summed E-state index contributed by atoms with van der Waals surface area (Å²) in [5, 5.41) is 8.35. The van der Waals surface area contributed by atoms with Gasteiger partial charge in [-0.05, 0) is 19.1 Å². The SMILES string of the molecule is CCOC(=O)c1cc(O)cc(C(F)(F)F)c1Cl. The number of ether oxygens (including phenoxy) is 1. The van der Waals surface area contributed by atoms with E-state index in [0.717, 1.165) is 6.07 Å². The first-order valence-corrected chi connectivity index (χ1v) is 4.92. The highest BCUT2D eigenvalue weighted by Gasteiger charge is 2.35. The number of benzene rings is 1. The second-order valence-electron chi connectivity index (χ2n) is 3.07. The highest BCUT2D eigenvalue weighted by molar-refractivity contribution is 6.34. The molecule has 0 aliphatic carbocycles. The second kappa shape index (κ2) is 4.83. The van der Waals surface area contributed by atoms with Crippen LogP contribution in [-0.4, -0.2) is 17.7 Å². The van der Waals surface area contributed by atoms with Gasteiger partial charge in [0.15, 0.2) is 0 Å². The predicted octanol–water partition coefficient (Wildman–Crippen LogP) is 3.24. The van der Waals surface area contributed by atoms with Crippen LogP contribution in [0.5, 0.6) is 5.75 Å². The van der Waals surface area contributed by atoms with E-state index >= 15 is 0 Å². The molecule has 0 bridgehead atoms. The van der Waals surface area contributed by atoms with Crippen molar-refractivity contribution in [3.05, 3.63) is 28.3 Å². The Hall–Kier alpha value is -1.43. The van der Waals surface area contributed by atoms with Crippen LogP contribution in [0, 0.1) is 0 Å². The van der Waals surface area contributed by atoms with Crippen molar-refractivity contribution in [3.63, 3.8) is 0 Å². The lowest BCUT2D eigenvalue weighted by molar-refractivity contribution is -0.137. The summed E-state index contributed by atoms with van der Waals surface area (Å²) in [6.07, 6.45) is -4.75. The van der Waals surface area contributed by atoms with Crippen molar-refractivity contribution in [1.29, 1.82) is 0 Å². The molecule has 3 nitrogen and oxygen atoms in total. The maximum absolute atomic E-state index is 12.5. The van der Waals surface area contributed by atoms with Crippen LogP contribution in [0.2, 0.25) is 5.02 Å². The predicted molar refractivity (Wildman–Crippen MR) is 54.1 cm³/mol. The molecular formula is C10H8ClF3O3. The van der Waals surface area contributed by atoms with Crippen molar-refractivity contribution in [2.24, 2.45) is 0 Å². The molecule has 17 heavy (non-hydrogen) atoms. The van der Waals surface area contributed by atoms with Crippen LogP contribution in [-0.2, 0) is 10.9 Å². The van der Waals surface area contributed by atoms with Crippen molar-refractivity contribution in [2.75, 3.05) is 6.61 Å². The topological polar surface area (TPSA) is 46.5 Å². The molecule has 0 amide bonds. The first kappa shape index (κ1) is 13.6. The molecular weight excluding hydrogens is 261 g/mol. The molecule has 7 heteroatoms. The van der Waals surface area contributed by atoms with Crippen LogP contribution in [0.4, 0.5) is 13.2 Å². The van der Waals surface area contributed by atoms with Crippen LogP contribution in [0.1, 0.15) is 22.8 Å². The number of aromatic hydroxyl groups is 1. The molecule has 1 N–H and O–H groups in total. The summed E-state index contributed by atoms with van der Waals surface area (Å²) in [5.74, 6) is -1.72. The number of alkyl halides is 3. The van der Waals surface area contributed by atoms with Gasteiger partial charge in [-0.1, -0.05) is 11.6 Å². The monoisotopic (exact) mass is 268 g/mol. The zero-order chi connectivity index (χ0) is 13.2. The summed E-state index contributed by atoms with van der Waals surface area (Å²) in [6, 6.07) is 1.28. The average molecular weight is 269 g/mol. The maximum Gasteiger partial charge on any atom is 0.418 e. The lowest BCUT2D eigenvalue weighted by atomic mass is 10.1. The third kappa shape index (κ3) is 3.03. The Bertz CT molecular complexity index is 443. The minimum absolute atomic E-state index is 0.00777. The van der Waals surface area contributed by atoms with Gasteiger partial charge in [0.05, 0.1) is 22.8 Å². The van der Waals surface area contributed by atoms with Gasteiger partial charge >= 0.3 is 12.1 Å². The summed E-state index contributed by atoms with van der Waals surface area (Å²) in [5.41, 5.74) is -1.79. The van der Waals surface area contributed by atoms with E-state index < -0.39 is 34.0 Å². The highest BCUT2D eigenvalue weighted by atomic mass is 35.5. The van der Waals surface area contributed by atoms with Gasteiger partial charge in [-0.3, -0.25) is 0 Å². The summed E-state index contributed by atoms with van der Waals surface area (Å²) in [4.78, 5) is 11.3. The Kier molecular flexibility index (Phi) is 3.87. The molecule has 0 saturated carbocycles. The van der Waals surface area contributed by atoms with E-state index in [9.17, 15) is 18.0 Å². The lowest BCUT2D eigenvalue weighted by Crippen LogP contribution is -2.11. The molecule has 0 aliphatic rings. The van der Waals surface area contributed by atoms with Gasteiger partial charge in [0.1, 0.15) is 5.75 Å². The van der Waals surface area contributed by atoms with Crippen LogP contribution in [0.25, 0.3) is 0 Å². The number of carbonyl (C=O) groups is 1. The largest absolute Gasteiger partial charge is 0.508 e. The number of hydrogen-bond acceptors (Lipinski definition) is 3. The minimum atomic E-state index is -4.75. The van der Waals surface area contributed by atoms with E-state index in [1.54, 1.807) is 0 Å². The molecule has 0 spiro atoms. The smallest absolute Gasteiger partial charge is 0.418 e. The number of halogens is 4. The van der Waals surface area contributed by atoms with Crippen LogP contribution in [0.15, 0.2) is 12.1 Å². The van der Waals surface area contributed by atoms with E-state index in [-0.39, 0.29) is 6.61 Å². The quantitative estimate of drug-likeness (QED) is 0.838. The van der Waals surface area contributed by atoms with Gasteiger partial charge in [-0.25, -0.2) is 4.79 Å². The van der Waals surface area contributed by atoms with Gasteiger partial charge in [0.2, 0.25) is 0 Å². The molecule has 0 atom stereocenters. The summed E-state index contributed by atoms with van der Waals surface area (Å²) >= 11 is 5.46. The summed E-state index contributed by atoms with van der Waals surface area (Å²) < 4.78 is 42.1. The van der Waals surface area contributed by atoms with Crippen molar-refractivity contribution in [2.45, 2.75) is 13.1 Å². The third-order valence-electron chi connectivity index (χ3n) is 1.86. The number of hydrogen-bond donors (Lipinski definition) is 1. The van der Waals surface area contributed by atoms with E-state index in [0.29, 0.717) is 6.07 Å². The van der Waals surface area contributed by atoms with E-state index in [1.165, 1.54) is 6.92 Å². The summed E-state index contributed by atoms with van der Waals surface area (Å²) in [7, 11) is 0. The van der Waals surface area contributed by atoms with Crippen molar-refractivity contribution < 1.29 is 27.8 Å². The fourth-order valence-electron chi connectivity index (χ4n) is 1.17. The lowest BCUT2D eigenvalue weighted by Gasteiger charge is -2.12. The Labute approximate surface area is 99.8 Å². The van der Waals surface area contributed by atoms with Crippen molar-refractivity contribution in [3.8, 4) is 5.75 Å². The average Bonchev–Trinajstić information content (AvgIpc) is 2.19. The first-order chi connectivity index (χ1) is 7.77. The van der Waals surface area contributed by atoms with Gasteiger partial charge in [0, 0.05) is 0 Å². The van der Waals surface area contributed by atoms with Crippen molar-refractivity contribution in [1.82, 2.24) is 0 Å². The normalized spacial score (nSPS) is 11.4. The fourth-order valence-corrected chi connectivity index (χ4v) is 1.47. The molecule has 0 saturated heterocycles. The molecule has 0 unspecified atom stereocenters. The van der Waals surface area contributed by atoms with Crippen molar-refractivity contribution >= 4 is 17.6 Å². The van der Waals surface area contributed by atoms with Gasteiger partial charge in [-0.2, -0.15) is 13.2 Å². The standard InChI is InChI=1S/C10H8ClF3O3/c1-2-17-9(16)6-3-5(15)4-7(8(6)11)10(12,13)14/h3-4,15H,2H2,1H3. The fraction of sp³-hybridized carbons (Fsp3) is 0.300. The van der Waals surface area contributed by atoms with E-state index in [1.807, 2.05) is 0 Å². The molecule has 0 fully saturated rings. The molecule has 94 valence electrons. The molecule has 0 radical (unpaired) electrons. The Morgan fingerprint density at radius 1 is 1.47 bits per heavy atom. The number of carbonyl (C=O) groups excluding carboxylic acids is 1. The van der Waals surface area contributed by atoms with Gasteiger partial charge in [-0.15, -0.1) is 0 Å². The maximum atomic E-state index is 12.5.